The fraction of sp³-hybridized carbons (Fsp3) is 0.611. The van der Waals surface area contributed by atoms with Gasteiger partial charge in [0.05, 0.1) is 12.6 Å². The van der Waals surface area contributed by atoms with Gasteiger partial charge in [0.25, 0.3) is 0 Å². The Morgan fingerprint density at radius 2 is 2.08 bits per heavy atom. The molecule has 25 heavy (non-hydrogen) atoms. The van der Waals surface area contributed by atoms with Gasteiger partial charge in [-0.15, -0.1) is 24.0 Å². The third-order valence-corrected chi connectivity index (χ3v) is 5.53. The van der Waals surface area contributed by atoms with Gasteiger partial charge >= 0.3 is 0 Å². The van der Waals surface area contributed by atoms with Crippen molar-refractivity contribution in [3.63, 3.8) is 0 Å². The van der Waals surface area contributed by atoms with E-state index in [0.29, 0.717) is 12.6 Å². The molecule has 1 unspecified atom stereocenters. The Morgan fingerprint density at radius 1 is 1.36 bits per heavy atom. The molecule has 1 aromatic carbocycles. The standard InChI is InChI=1S/C18H28ClN3OS.HI/c1-3-20-18(22-15-7-9-16(23)10-8-15)21-12-17(24-2)13-5-4-6-14(19)11-13;/h4-6,11,15-17,23H,3,7-10,12H2,1-2H3,(H2,20,21,22);1H. The molecule has 0 heterocycles. The molecule has 1 aliphatic carbocycles. The number of nitrogens with zero attached hydrogens (tertiary/aromatic N) is 1. The zero-order valence-electron chi connectivity index (χ0n) is 14.9. The van der Waals surface area contributed by atoms with Gasteiger partial charge in [0.15, 0.2) is 5.96 Å². The fourth-order valence-electron chi connectivity index (χ4n) is 2.93. The SMILES string of the molecule is CCNC(=NCC(SC)c1cccc(Cl)c1)NC1CCC(O)CC1.I. The van der Waals surface area contributed by atoms with Crippen LogP contribution in [0.25, 0.3) is 0 Å². The number of aliphatic hydroxyl groups is 1. The predicted octanol–water partition coefficient (Wildman–Crippen LogP) is 4.22. The van der Waals surface area contributed by atoms with Crippen LogP contribution < -0.4 is 10.6 Å². The summed E-state index contributed by atoms with van der Waals surface area (Å²) in [6.07, 6.45) is 5.69. The van der Waals surface area contributed by atoms with Crippen LogP contribution in [0.2, 0.25) is 5.02 Å². The quantitative estimate of drug-likeness (QED) is 0.313. The Labute approximate surface area is 177 Å². The lowest BCUT2D eigenvalue weighted by Crippen LogP contribution is -2.45. The van der Waals surface area contributed by atoms with Crippen molar-refractivity contribution in [3.05, 3.63) is 34.9 Å². The van der Waals surface area contributed by atoms with E-state index in [4.69, 9.17) is 16.6 Å². The zero-order valence-corrected chi connectivity index (χ0v) is 18.8. The van der Waals surface area contributed by atoms with E-state index in [-0.39, 0.29) is 35.3 Å². The van der Waals surface area contributed by atoms with E-state index in [1.54, 1.807) is 11.8 Å². The van der Waals surface area contributed by atoms with E-state index in [9.17, 15) is 5.11 Å². The van der Waals surface area contributed by atoms with E-state index in [1.165, 1.54) is 5.56 Å². The summed E-state index contributed by atoms with van der Waals surface area (Å²) >= 11 is 7.89. The summed E-state index contributed by atoms with van der Waals surface area (Å²) in [6.45, 7) is 3.61. The number of aliphatic hydroxyl groups excluding tert-OH is 1. The second-order valence-corrected chi connectivity index (χ2v) is 7.63. The maximum absolute atomic E-state index is 9.63. The van der Waals surface area contributed by atoms with Crippen molar-refractivity contribution in [1.29, 1.82) is 0 Å². The largest absolute Gasteiger partial charge is 0.393 e. The molecule has 0 bridgehead atoms. The first-order chi connectivity index (χ1) is 11.6. The second-order valence-electron chi connectivity index (χ2n) is 6.15. The van der Waals surface area contributed by atoms with E-state index < -0.39 is 0 Å². The first-order valence-electron chi connectivity index (χ1n) is 8.63. The normalized spacial score (nSPS) is 22.0. The molecular formula is C18H29ClIN3OS. The molecule has 0 radical (unpaired) electrons. The zero-order chi connectivity index (χ0) is 17.4. The number of benzene rings is 1. The van der Waals surface area contributed by atoms with Crippen LogP contribution in [-0.2, 0) is 0 Å². The number of nitrogens with one attached hydrogen (secondary N) is 2. The van der Waals surface area contributed by atoms with Crippen molar-refractivity contribution in [1.82, 2.24) is 10.6 Å². The summed E-state index contributed by atoms with van der Waals surface area (Å²) < 4.78 is 0. The van der Waals surface area contributed by atoms with Crippen LogP contribution >= 0.6 is 47.3 Å². The highest BCUT2D eigenvalue weighted by Gasteiger charge is 2.20. The lowest BCUT2D eigenvalue weighted by atomic mass is 9.93. The van der Waals surface area contributed by atoms with Gasteiger partial charge in [-0.05, 0) is 56.6 Å². The molecule has 0 aromatic heterocycles. The average molecular weight is 498 g/mol. The highest BCUT2D eigenvalue weighted by Crippen LogP contribution is 2.28. The summed E-state index contributed by atoms with van der Waals surface area (Å²) in [6, 6.07) is 8.40. The first kappa shape index (κ1) is 22.9. The number of aliphatic imine (C=N–C) groups is 1. The van der Waals surface area contributed by atoms with Gasteiger partial charge in [0.1, 0.15) is 0 Å². The van der Waals surface area contributed by atoms with Gasteiger partial charge in [-0.2, -0.15) is 11.8 Å². The van der Waals surface area contributed by atoms with Gasteiger partial charge in [-0.25, -0.2) is 0 Å². The first-order valence-corrected chi connectivity index (χ1v) is 10.3. The fourth-order valence-corrected chi connectivity index (χ4v) is 3.77. The van der Waals surface area contributed by atoms with Crippen molar-refractivity contribution in [3.8, 4) is 0 Å². The summed E-state index contributed by atoms with van der Waals surface area (Å²) in [5, 5.41) is 17.5. The maximum atomic E-state index is 9.63. The molecule has 7 heteroatoms. The van der Waals surface area contributed by atoms with Crippen LogP contribution in [-0.4, -0.2) is 42.6 Å². The maximum Gasteiger partial charge on any atom is 0.191 e. The molecule has 142 valence electrons. The number of thioether (sulfide) groups is 1. The van der Waals surface area contributed by atoms with Gasteiger partial charge in [-0.1, -0.05) is 23.7 Å². The van der Waals surface area contributed by atoms with E-state index in [1.807, 2.05) is 18.2 Å². The third kappa shape index (κ3) is 7.93. The monoisotopic (exact) mass is 497 g/mol. The minimum absolute atomic E-state index is 0. The van der Waals surface area contributed by atoms with Crippen molar-refractivity contribution in [2.45, 2.75) is 50.0 Å². The third-order valence-electron chi connectivity index (χ3n) is 4.30. The molecule has 0 amide bonds. The Bertz CT molecular complexity index is 539. The Balaban J connectivity index is 0.00000312. The highest BCUT2D eigenvalue weighted by molar-refractivity contribution is 14.0. The molecule has 1 saturated carbocycles. The second kappa shape index (κ2) is 12.3. The minimum atomic E-state index is -0.133. The Hall–Kier alpha value is -0.180. The molecule has 0 aliphatic heterocycles. The molecule has 0 spiro atoms. The van der Waals surface area contributed by atoms with E-state index in [2.05, 4.69) is 29.9 Å². The molecule has 4 nitrogen and oxygen atoms in total. The van der Waals surface area contributed by atoms with E-state index in [0.717, 1.165) is 43.2 Å². The van der Waals surface area contributed by atoms with Crippen LogP contribution in [0.5, 0.6) is 0 Å². The van der Waals surface area contributed by atoms with Crippen LogP contribution in [0, 0.1) is 0 Å². The number of guanidine groups is 1. The summed E-state index contributed by atoms with van der Waals surface area (Å²) in [7, 11) is 0. The lowest BCUT2D eigenvalue weighted by Gasteiger charge is -2.27. The molecule has 0 saturated heterocycles. The van der Waals surface area contributed by atoms with Crippen molar-refractivity contribution < 1.29 is 5.11 Å². The molecular weight excluding hydrogens is 469 g/mol. The molecule has 1 aliphatic rings. The smallest absolute Gasteiger partial charge is 0.191 e. The van der Waals surface area contributed by atoms with Gasteiger partial charge < -0.3 is 15.7 Å². The van der Waals surface area contributed by atoms with Crippen LogP contribution in [0.15, 0.2) is 29.3 Å². The number of halogens is 2. The Morgan fingerprint density at radius 3 is 2.68 bits per heavy atom. The van der Waals surface area contributed by atoms with Gasteiger partial charge in [0.2, 0.25) is 0 Å². The Kier molecular flexibility index (Phi) is 11.2. The summed E-state index contributed by atoms with van der Waals surface area (Å²) in [4.78, 5) is 4.77. The number of hydrogen-bond donors (Lipinski definition) is 3. The van der Waals surface area contributed by atoms with Crippen molar-refractivity contribution in [2.24, 2.45) is 4.99 Å². The molecule has 1 fully saturated rings. The molecule has 3 N–H and O–H groups in total. The highest BCUT2D eigenvalue weighted by atomic mass is 127. The number of hydrogen-bond acceptors (Lipinski definition) is 3. The summed E-state index contributed by atoms with van der Waals surface area (Å²) in [5.74, 6) is 0.861. The van der Waals surface area contributed by atoms with Gasteiger partial charge in [0, 0.05) is 22.9 Å². The summed E-state index contributed by atoms with van der Waals surface area (Å²) in [5.41, 5.74) is 1.20. The predicted molar refractivity (Wildman–Crippen MR) is 121 cm³/mol. The van der Waals surface area contributed by atoms with Gasteiger partial charge in [-0.3, -0.25) is 4.99 Å². The number of rotatable bonds is 6. The van der Waals surface area contributed by atoms with Crippen LogP contribution in [0.4, 0.5) is 0 Å². The molecule has 1 aromatic rings. The van der Waals surface area contributed by atoms with Crippen molar-refractivity contribution >= 4 is 53.3 Å². The minimum Gasteiger partial charge on any atom is -0.393 e. The van der Waals surface area contributed by atoms with Crippen molar-refractivity contribution in [2.75, 3.05) is 19.3 Å². The average Bonchev–Trinajstić information content (AvgIpc) is 2.57. The van der Waals surface area contributed by atoms with Crippen LogP contribution in [0.3, 0.4) is 0 Å². The molecule has 2 rings (SSSR count). The molecule has 1 atom stereocenters. The van der Waals surface area contributed by atoms with E-state index >= 15 is 0 Å². The topological polar surface area (TPSA) is 56.7 Å². The van der Waals surface area contributed by atoms with Crippen LogP contribution in [0.1, 0.15) is 43.4 Å². The lowest BCUT2D eigenvalue weighted by molar-refractivity contribution is 0.120.